The van der Waals surface area contributed by atoms with Gasteiger partial charge in [0.1, 0.15) is 5.75 Å². The number of piperidine rings is 1. The fourth-order valence-electron chi connectivity index (χ4n) is 2.90. The molecule has 1 aliphatic rings. The van der Waals surface area contributed by atoms with Crippen LogP contribution in [0, 0.1) is 12.8 Å². The molecule has 4 nitrogen and oxygen atoms in total. The molecule has 0 saturated carbocycles. The molecule has 0 bridgehead atoms. The van der Waals surface area contributed by atoms with E-state index >= 15 is 0 Å². The average molecular weight is 262 g/mol. The summed E-state index contributed by atoms with van der Waals surface area (Å²) >= 11 is 0. The van der Waals surface area contributed by atoms with Crippen LogP contribution in [-0.2, 0) is 0 Å². The van der Waals surface area contributed by atoms with Crippen LogP contribution in [0.2, 0.25) is 0 Å². The van der Waals surface area contributed by atoms with Gasteiger partial charge in [0.05, 0.1) is 0 Å². The van der Waals surface area contributed by atoms with Gasteiger partial charge >= 0.3 is 0 Å². The highest BCUT2D eigenvalue weighted by atomic mass is 16.3. The molecule has 2 unspecified atom stereocenters. The summed E-state index contributed by atoms with van der Waals surface area (Å²) in [4.78, 5) is 14.5. The minimum atomic E-state index is 0.0273. The predicted molar refractivity (Wildman–Crippen MR) is 75.1 cm³/mol. The first-order valence-corrected chi connectivity index (χ1v) is 6.85. The number of phenols is 1. The number of aryl methyl sites for hydroxylation is 1. The highest BCUT2D eigenvalue weighted by Crippen LogP contribution is 2.26. The van der Waals surface area contributed by atoms with E-state index in [1.807, 2.05) is 11.8 Å². The molecule has 1 amide bonds. The number of nitrogens with two attached hydrogens (primary N) is 1. The molecule has 0 radical (unpaired) electrons. The Hall–Kier alpha value is -1.55. The van der Waals surface area contributed by atoms with Crippen molar-refractivity contribution in [1.29, 1.82) is 0 Å². The lowest BCUT2D eigenvalue weighted by molar-refractivity contribution is 0.0532. The molecule has 1 saturated heterocycles. The number of likely N-dealkylation sites (tertiary alicyclic amines) is 1. The quantitative estimate of drug-likeness (QED) is 0.855. The molecule has 104 valence electrons. The molecule has 1 aromatic rings. The van der Waals surface area contributed by atoms with Crippen molar-refractivity contribution in [3.8, 4) is 5.75 Å². The maximum atomic E-state index is 12.6. The van der Waals surface area contributed by atoms with E-state index in [-0.39, 0.29) is 17.7 Å². The maximum Gasteiger partial charge on any atom is 0.254 e. The largest absolute Gasteiger partial charge is 0.508 e. The number of benzene rings is 1. The van der Waals surface area contributed by atoms with Crippen molar-refractivity contribution in [1.82, 2.24) is 4.90 Å². The van der Waals surface area contributed by atoms with Gasteiger partial charge in [-0.25, -0.2) is 0 Å². The first-order valence-electron chi connectivity index (χ1n) is 6.85. The Morgan fingerprint density at radius 3 is 2.89 bits per heavy atom. The molecule has 19 heavy (non-hydrogen) atoms. The molecule has 1 aromatic carbocycles. The predicted octanol–water partition coefficient (Wildman–Crippen LogP) is 1.90. The SMILES string of the molecule is Cc1cc(O)ccc1C(=O)N1CCCC(C)C1CN. The van der Waals surface area contributed by atoms with E-state index in [1.54, 1.807) is 18.2 Å². The van der Waals surface area contributed by atoms with E-state index in [2.05, 4.69) is 6.92 Å². The Labute approximate surface area is 114 Å². The van der Waals surface area contributed by atoms with Crippen molar-refractivity contribution < 1.29 is 9.90 Å². The third-order valence-electron chi connectivity index (χ3n) is 4.06. The second-order valence-electron chi connectivity index (χ2n) is 5.42. The number of aromatic hydroxyl groups is 1. The fraction of sp³-hybridized carbons (Fsp3) is 0.533. The van der Waals surface area contributed by atoms with Crippen molar-refractivity contribution in [3.05, 3.63) is 29.3 Å². The summed E-state index contributed by atoms with van der Waals surface area (Å²) in [6, 6.07) is 5.00. The lowest BCUT2D eigenvalue weighted by atomic mass is 9.90. The van der Waals surface area contributed by atoms with Crippen LogP contribution < -0.4 is 5.73 Å². The van der Waals surface area contributed by atoms with E-state index in [0.29, 0.717) is 18.0 Å². The molecule has 0 spiro atoms. The first-order chi connectivity index (χ1) is 9.04. The van der Waals surface area contributed by atoms with Gasteiger partial charge in [0.2, 0.25) is 0 Å². The summed E-state index contributed by atoms with van der Waals surface area (Å²) in [7, 11) is 0. The Morgan fingerprint density at radius 2 is 2.26 bits per heavy atom. The monoisotopic (exact) mass is 262 g/mol. The van der Waals surface area contributed by atoms with Gasteiger partial charge < -0.3 is 15.7 Å². The summed E-state index contributed by atoms with van der Waals surface area (Å²) in [6.45, 7) is 5.27. The van der Waals surface area contributed by atoms with E-state index in [1.165, 1.54) is 0 Å². The second kappa shape index (κ2) is 5.61. The number of rotatable bonds is 2. The molecule has 1 fully saturated rings. The Morgan fingerprint density at radius 1 is 1.53 bits per heavy atom. The number of nitrogens with zero attached hydrogens (tertiary/aromatic N) is 1. The maximum absolute atomic E-state index is 12.6. The van der Waals surface area contributed by atoms with Crippen LogP contribution in [0.3, 0.4) is 0 Å². The van der Waals surface area contributed by atoms with E-state index in [9.17, 15) is 9.90 Å². The van der Waals surface area contributed by atoms with Gasteiger partial charge in [0.25, 0.3) is 5.91 Å². The van der Waals surface area contributed by atoms with Crippen LogP contribution in [0.5, 0.6) is 5.75 Å². The summed E-state index contributed by atoms with van der Waals surface area (Å²) in [6.07, 6.45) is 2.15. The van der Waals surface area contributed by atoms with Crippen LogP contribution in [0.4, 0.5) is 0 Å². The van der Waals surface area contributed by atoms with Gasteiger partial charge in [0, 0.05) is 24.7 Å². The average Bonchev–Trinajstić information content (AvgIpc) is 2.37. The minimum absolute atomic E-state index is 0.0273. The van der Waals surface area contributed by atoms with Crippen molar-refractivity contribution in [2.45, 2.75) is 32.7 Å². The number of amides is 1. The van der Waals surface area contributed by atoms with E-state index in [4.69, 9.17) is 5.73 Å². The van der Waals surface area contributed by atoms with Gasteiger partial charge in [-0.3, -0.25) is 4.79 Å². The number of phenolic OH excluding ortho intramolecular Hbond substituents is 1. The van der Waals surface area contributed by atoms with Crippen LogP contribution in [0.25, 0.3) is 0 Å². The van der Waals surface area contributed by atoms with Crippen LogP contribution in [0.15, 0.2) is 18.2 Å². The first kappa shape index (κ1) is 13.9. The molecule has 0 aliphatic carbocycles. The number of carbonyl (C=O) groups is 1. The molecular formula is C15H22N2O2. The van der Waals surface area contributed by atoms with Crippen molar-refractivity contribution >= 4 is 5.91 Å². The minimum Gasteiger partial charge on any atom is -0.508 e. The number of carbonyl (C=O) groups excluding carboxylic acids is 1. The Balaban J connectivity index is 2.27. The number of hydrogen-bond donors (Lipinski definition) is 2. The summed E-state index contributed by atoms with van der Waals surface area (Å²) < 4.78 is 0. The van der Waals surface area contributed by atoms with Crippen molar-refractivity contribution in [3.63, 3.8) is 0 Å². The van der Waals surface area contributed by atoms with Crippen LogP contribution >= 0.6 is 0 Å². The topological polar surface area (TPSA) is 66.6 Å². The van der Waals surface area contributed by atoms with Gasteiger partial charge in [-0.2, -0.15) is 0 Å². The normalized spacial score (nSPS) is 23.4. The van der Waals surface area contributed by atoms with Gasteiger partial charge in [0.15, 0.2) is 0 Å². The van der Waals surface area contributed by atoms with E-state index in [0.717, 1.165) is 24.9 Å². The lowest BCUT2D eigenvalue weighted by Crippen LogP contribution is -2.51. The van der Waals surface area contributed by atoms with Crippen LogP contribution in [0.1, 0.15) is 35.7 Å². The number of hydrogen-bond acceptors (Lipinski definition) is 3. The highest BCUT2D eigenvalue weighted by Gasteiger charge is 2.31. The zero-order chi connectivity index (χ0) is 14.0. The zero-order valence-corrected chi connectivity index (χ0v) is 11.6. The van der Waals surface area contributed by atoms with Gasteiger partial charge in [-0.15, -0.1) is 0 Å². The molecule has 2 atom stereocenters. The fourth-order valence-corrected chi connectivity index (χ4v) is 2.90. The second-order valence-corrected chi connectivity index (χ2v) is 5.42. The molecule has 1 aliphatic heterocycles. The third-order valence-corrected chi connectivity index (χ3v) is 4.06. The van der Waals surface area contributed by atoms with Gasteiger partial charge in [-0.05, 0) is 49.4 Å². The summed E-state index contributed by atoms with van der Waals surface area (Å²) in [5, 5.41) is 9.42. The highest BCUT2D eigenvalue weighted by molar-refractivity contribution is 5.96. The van der Waals surface area contributed by atoms with Crippen LogP contribution in [-0.4, -0.2) is 35.0 Å². The smallest absolute Gasteiger partial charge is 0.254 e. The molecular weight excluding hydrogens is 240 g/mol. The van der Waals surface area contributed by atoms with Crippen molar-refractivity contribution in [2.75, 3.05) is 13.1 Å². The standard InChI is InChI=1S/C15H22N2O2/c1-10-4-3-7-17(14(10)9-16)15(19)13-6-5-12(18)8-11(13)2/h5-6,8,10,14,18H,3-4,7,9,16H2,1-2H3. The van der Waals surface area contributed by atoms with Crippen molar-refractivity contribution in [2.24, 2.45) is 11.7 Å². The third kappa shape index (κ3) is 2.73. The molecule has 0 aromatic heterocycles. The van der Waals surface area contributed by atoms with Gasteiger partial charge in [-0.1, -0.05) is 6.92 Å². The summed E-state index contributed by atoms with van der Waals surface area (Å²) in [5.41, 5.74) is 7.29. The molecule has 2 rings (SSSR count). The molecule has 4 heteroatoms. The lowest BCUT2D eigenvalue weighted by Gasteiger charge is -2.39. The molecule has 3 N–H and O–H groups in total. The van der Waals surface area contributed by atoms with E-state index < -0.39 is 0 Å². The Kier molecular flexibility index (Phi) is 4.10. The summed E-state index contributed by atoms with van der Waals surface area (Å²) in [5.74, 6) is 0.663. The molecule has 1 heterocycles. The zero-order valence-electron chi connectivity index (χ0n) is 11.6. The Bertz CT molecular complexity index is 473.